The van der Waals surface area contributed by atoms with Gasteiger partial charge in [0.25, 0.3) is 0 Å². The van der Waals surface area contributed by atoms with Gasteiger partial charge in [0.15, 0.2) is 0 Å². The van der Waals surface area contributed by atoms with Gasteiger partial charge in [-0.1, -0.05) is 0 Å². The predicted molar refractivity (Wildman–Crippen MR) is 30.0 cm³/mol. The summed E-state index contributed by atoms with van der Waals surface area (Å²) in [6.07, 6.45) is -2.53. The molecule has 60 valence electrons. The van der Waals surface area contributed by atoms with E-state index < -0.39 is 24.6 Å². The van der Waals surface area contributed by atoms with Gasteiger partial charge < -0.3 is 25.2 Å². The second-order valence-electron chi connectivity index (χ2n) is 2.33. The Hall–Kier alpha value is -0.200. The molecule has 0 amide bonds. The summed E-state index contributed by atoms with van der Waals surface area (Å²) < 4.78 is 4.52. The summed E-state index contributed by atoms with van der Waals surface area (Å²) in [5.74, 6) is -1.97. The second-order valence-corrected chi connectivity index (χ2v) is 2.33. The molecule has 1 aliphatic rings. The highest BCUT2D eigenvalue weighted by Crippen LogP contribution is 2.22. The molecule has 0 bridgehead atoms. The van der Waals surface area contributed by atoms with Crippen molar-refractivity contribution >= 4 is 0 Å². The molecule has 5 heteroatoms. The molecule has 0 aromatic heterocycles. The minimum Gasteiger partial charge on any atom is -0.391 e. The van der Waals surface area contributed by atoms with Crippen molar-refractivity contribution in [3.63, 3.8) is 0 Å². The van der Waals surface area contributed by atoms with E-state index in [0.717, 1.165) is 0 Å². The lowest BCUT2D eigenvalue weighted by Crippen LogP contribution is -2.46. The van der Waals surface area contributed by atoms with Crippen molar-refractivity contribution in [1.82, 2.24) is 0 Å². The largest absolute Gasteiger partial charge is 0.391 e. The minimum atomic E-state index is -1.97. The molecule has 0 spiro atoms. The summed E-state index contributed by atoms with van der Waals surface area (Å²) >= 11 is 0. The molecule has 5 nitrogen and oxygen atoms in total. The van der Waals surface area contributed by atoms with E-state index in [2.05, 4.69) is 4.74 Å². The lowest BCUT2D eigenvalue weighted by molar-refractivity contribution is -0.234. The number of rotatable bonds is 1. The number of aliphatic hydroxyl groups is 4. The molecule has 1 saturated heterocycles. The van der Waals surface area contributed by atoms with Crippen LogP contribution in [0.1, 0.15) is 0 Å². The van der Waals surface area contributed by atoms with Gasteiger partial charge in [-0.2, -0.15) is 0 Å². The molecule has 10 heavy (non-hydrogen) atoms. The first-order valence-electron chi connectivity index (χ1n) is 2.93. The van der Waals surface area contributed by atoms with Crippen LogP contribution in [0.25, 0.3) is 0 Å². The fourth-order valence-electron chi connectivity index (χ4n) is 0.846. The van der Waals surface area contributed by atoms with Gasteiger partial charge in [-0.15, -0.1) is 0 Å². The van der Waals surface area contributed by atoms with E-state index in [-0.39, 0.29) is 6.61 Å². The SMILES string of the molecule is OCC1(O)OC[C@H](O)[C@H]1O. The topological polar surface area (TPSA) is 90.2 Å². The number of aliphatic hydroxyl groups excluding tert-OH is 3. The van der Waals surface area contributed by atoms with E-state index in [4.69, 9.17) is 20.4 Å². The third-order valence-electron chi connectivity index (χ3n) is 1.56. The first kappa shape index (κ1) is 7.90. The normalized spacial score (nSPS) is 48.0. The Labute approximate surface area is 57.5 Å². The van der Waals surface area contributed by atoms with Crippen LogP contribution >= 0.6 is 0 Å². The quantitative estimate of drug-likeness (QED) is 0.329. The van der Waals surface area contributed by atoms with Crippen molar-refractivity contribution < 1.29 is 25.2 Å². The summed E-state index contributed by atoms with van der Waals surface area (Å²) in [7, 11) is 0. The zero-order chi connectivity index (χ0) is 7.78. The van der Waals surface area contributed by atoms with Crippen LogP contribution < -0.4 is 0 Å². The summed E-state index contributed by atoms with van der Waals surface area (Å²) in [6, 6.07) is 0. The van der Waals surface area contributed by atoms with Gasteiger partial charge in [0.05, 0.1) is 13.2 Å². The molecule has 1 unspecified atom stereocenters. The fourth-order valence-corrected chi connectivity index (χ4v) is 0.846. The Morgan fingerprint density at radius 3 is 2.30 bits per heavy atom. The van der Waals surface area contributed by atoms with Gasteiger partial charge >= 0.3 is 0 Å². The Bertz CT molecular complexity index is 127. The van der Waals surface area contributed by atoms with Gasteiger partial charge in [0, 0.05) is 0 Å². The minimum absolute atomic E-state index is 0.155. The summed E-state index contributed by atoms with van der Waals surface area (Å²) in [5, 5.41) is 35.3. The lowest BCUT2D eigenvalue weighted by atomic mass is 10.1. The molecule has 0 aromatic carbocycles. The third-order valence-corrected chi connectivity index (χ3v) is 1.56. The molecule has 0 radical (unpaired) electrons. The highest BCUT2D eigenvalue weighted by atomic mass is 16.7. The Morgan fingerprint density at radius 2 is 2.10 bits per heavy atom. The van der Waals surface area contributed by atoms with Gasteiger partial charge in [0.2, 0.25) is 5.79 Å². The van der Waals surface area contributed by atoms with Crippen LogP contribution in [-0.4, -0.2) is 51.6 Å². The number of ether oxygens (including phenoxy) is 1. The highest BCUT2D eigenvalue weighted by molar-refractivity contribution is 4.88. The van der Waals surface area contributed by atoms with E-state index in [9.17, 15) is 0 Å². The summed E-state index contributed by atoms with van der Waals surface area (Å²) in [4.78, 5) is 0. The van der Waals surface area contributed by atoms with Gasteiger partial charge in [-0.25, -0.2) is 0 Å². The second kappa shape index (κ2) is 2.44. The van der Waals surface area contributed by atoms with E-state index in [1.54, 1.807) is 0 Å². The zero-order valence-corrected chi connectivity index (χ0v) is 5.27. The molecular formula is C5H10O5. The smallest absolute Gasteiger partial charge is 0.218 e. The average molecular weight is 150 g/mol. The van der Waals surface area contributed by atoms with Crippen LogP contribution in [0.3, 0.4) is 0 Å². The van der Waals surface area contributed by atoms with Crippen LogP contribution in [0.2, 0.25) is 0 Å². The molecule has 1 aliphatic heterocycles. The van der Waals surface area contributed by atoms with Crippen molar-refractivity contribution in [3.05, 3.63) is 0 Å². The molecule has 1 fully saturated rings. The van der Waals surface area contributed by atoms with Crippen molar-refractivity contribution in [1.29, 1.82) is 0 Å². The first-order valence-corrected chi connectivity index (χ1v) is 2.93. The molecular weight excluding hydrogens is 140 g/mol. The van der Waals surface area contributed by atoms with Crippen LogP contribution in [0, 0.1) is 0 Å². The maximum Gasteiger partial charge on any atom is 0.218 e. The van der Waals surface area contributed by atoms with Crippen LogP contribution in [0.15, 0.2) is 0 Å². The summed E-state index contributed by atoms with van der Waals surface area (Å²) in [5.41, 5.74) is 0. The van der Waals surface area contributed by atoms with Crippen molar-refractivity contribution in [3.8, 4) is 0 Å². The van der Waals surface area contributed by atoms with Crippen LogP contribution in [0.4, 0.5) is 0 Å². The van der Waals surface area contributed by atoms with E-state index >= 15 is 0 Å². The first-order chi connectivity index (χ1) is 4.60. The van der Waals surface area contributed by atoms with Crippen molar-refractivity contribution in [2.24, 2.45) is 0 Å². The molecule has 0 aliphatic carbocycles. The number of hydrogen-bond acceptors (Lipinski definition) is 5. The van der Waals surface area contributed by atoms with E-state index in [1.807, 2.05) is 0 Å². The summed E-state index contributed by atoms with van der Waals surface area (Å²) in [6.45, 7) is -0.872. The maximum absolute atomic E-state index is 9.06. The lowest BCUT2D eigenvalue weighted by Gasteiger charge is -2.22. The highest BCUT2D eigenvalue weighted by Gasteiger charge is 2.47. The Kier molecular flexibility index (Phi) is 1.93. The predicted octanol–water partition coefficient (Wildman–Crippen LogP) is -2.58. The van der Waals surface area contributed by atoms with Crippen LogP contribution in [-0.2, 0) is 4.74 Å². The molecule has 4 N–H and O–H groups in total. The van der Waals surface area contributed by atoms with Crippen molar-refractivity contribution in [2.45, 2.75) is 18.0 Å². The standard InChI is InChI=1S/C5H10O5/c6-2-5(9)4(8)3(7)1-10-5/h3-4,6-9H,1-2H2/t3-,4+,5?/m0/s1. The fraction of sp³-hybridized carbons (Fsp3) is 1.00. The molecule has 3 atom stereocenters. The van der Waals surface area contributed by atoms with Gasteiger partial charge in [0.1, 0.15) is 12.2 Å². The van der Waals surface area contributed by atoms with Crippen molar-refractivity contribution in [2.75, 3.05) is 13.2 Å². The van der Waals surface area contributed by atoms with E-state index in [0.29, 0.717) is 0 Å². The number of hydrogen-bond donors (Lipinski definition) is 4. The Balaban J connectivity index is 2.64. The third kappa shape index (κ3) is 1.02. The van der Waals surface area contributed by atoms with Gasteiger partial charge in [-0.05, 0) is 0 Å². The molecule has 1 heterocycles. The molecule has 0 saturated carbocycles. The molecule has 0 aromatic rings. The maximum atomic E-state index is 9.06. The Morgan fingerprint density at radius 1 is 1.50 bits per heavy atom. The average Bonchev–Trinajstić information content (AvgIpc) is 2.19. The van der Waals surface area contributed by atoms with Crippen LogP contribution in [0.5, 0.6) is 0 Å². The van der Waals surface area contributed by atoms with Gasteiger partial charge in [-0.3, -0.25) is 0 Å². The zero-order valence-electron chi connectivity index (χ0n) is 5.27. The monoisotopic (exact) mass is 150 g/mol. The van der Waals surface area contributed by atoms with E-state index in [1.165, 1.54) is 0 Å². The molecule has 1 rings (SSSR count).